The number of benzene rings is 1. The van der Waals surface area contributed by atoms with Gasteiger partial charge in [-0.15, -0.1) is 0 Å². The zero-order valence-electron chi connectivity index (χ0n) is 12.1. The standard InChI is InChI=1S/C17H24BrNO/c18-10-11-19(15-5-1-2-6-15)13-14-9-12-20-17-8-4-3-7-16(14)17/h3-4,7-8,14-15H,1-2,5-6,9-13H2. The summed E-state index contributed by atoms with van der Waals surface area (Å²) in [6, 6.07) is 9.40. The molecule has 0 N–H and O–H groups in total. The molecule has 3 rings (SSSR count). The molecule has 2 nitrogen and oxygen atoms in total. The Morgan fingerprint density at radius 1 is 1.15 bits per heavy atom. The number of para-hydroxylation sites is 1. The van der Waals surface area contributed by atoms with E-state index in [4.69, 9.17) is 4.74 Å². The maximum atomic E-state index is 5.79. The van der Waals surface area contributed by atoms with Gasteiger partial charge in [0.1, 0.15) is 5.75 Å². The van der Waals surface area contributed by atoms with E-state index in [0.29, 0.717) is 5.92 Å². The minimum absolute atomic E-state index is 0.639. The predicted octanol–water partition coefficient (Wildman–Crippen LogP) is 4.19. The van der Waals surface area contributed by atoms with Crippen molar-refractivity contribution in [1.29, 1.82) is 0 Å². The Morgan fingerprint density at radius 3 is 2.75 bits per heavy atom. The number of nitrogens with zero attached hydrogens (tertiary/aromatic N) is 1. The molecule has 1 unspecified atom stereocenters. The Labute approximate surface area is 130 Å². The van der Waals surface area contributed by atoms with Gasteiger partial charge >= 0.3 is 0 Å². The first kappa shape index (κ1) is 14.4. The molecule has 0 aromatic heterocycles. The molecule has 1 aliphatic heterocycles. The van der Waals surface area contributed by atoms with Gasteiger partial charge in [0.15, 0.2) is 0 Å². The van der Waals surface area contributed by atoms with Gasteiger partial charge in [-0.2, -0.15) is 0 Å². The van der Waals surface area contributed by atoms with E-state index < -0.39 is 0 Å². The van der Waals surface area contributed by atoms with E-state index >= 15 is 0 Å². The van der Waals surface area contributed by atoms with Crippen molar-refractivity contribution < 1.29 is 4.74 Å². The van der Waals surface area contributed by atoms with Gasteiger partial charge in [-0.25, -0.2) is 0 Å². The topological polar surface area (TPSA) is 12.5 Å². The summed E-state index contributed by atoms with van der Waals surface area (Å²) in [5.41, 5.74) is 1.41. The molecule has 1 heterocycles. The number of halogens is 1. The predicted molar refractivity (Wildman–Crippen MR) is 86.9 cm³/mol. The van der Waals surface area contributed by atoms with Crippen molar-refractivity contribution in [3.05, 3.63) is 29.8 Å². The number of hydrogen-bond acceptors (Lipinski definition) is 2. The molecule has 3 heteroatoms. The largest absolute Gasteiger partial charge is 0.493 e. The zero-order chi connectivity index (χ0) is 13.8. The molecule has 0 spiro atoms. The van der Waals surface area contributed by atoms with Gasteiger partial charge in [-0.3, -0.25) is 4.90 Å². The van der Waals surface area contributed by atoms with Crippen molar-refractivity contribution in [3.8, 4) is 5.75 Å². The van der Waals surface area contributed by atoms with Crippen molar-refractivity contribution >= 4 is 15.9 Å². The highest BCUT2D eigenvalue weighted by atomic mass is 79.9. The molecule has 1 aromatic rings. The second-order valence-corrected chi connectivity index (χ2v) is 6.79. The van der Waals surface area contributed by atoms with Gasteiger partial charge in [-0.05, 0) is 30.9 Å². The number of rotatable bonds is 5. The molecule has 0 bridgehead atoms. The van der Waals surface area contributed by atoms with Crippen LogP contribution >= 0.6 is 15.9 Å². The van der Waals surface area contributed by atoms with Gasteiger partial charge in [0.25, 0.3) is 0 Å². The number of fused-ring (bicyclic) bond motifs is 1. The Kier molecular flexibility index (Phi) is 5.00. The Hall–Kier alpha value is -0.540. The Bertz CT molecular complexity index is 431. The lowest BCUT2D eigenvalue weighted by Crippen LogP contribution is -2.39. The second kappa shape index (κ2) is 6.95. The van der Waals surface area contributed by atoms with E-state index in [2.05, 4.69) is 45.1 Å². The number of alkyl halides is 1. The Balaban J connectivity index is 1.72. The molecule has 110 valence electrons. The SMILES string of the molecule is BrCCN(CC1CCOc2ccccc21)C1CCCC1. The van der Waals surface area contributed by atoms with E-state index in [-0.39, 0.29) is 0 Å². The lowest BCUT2D eigenvalue weighted by Gasteiger charge is -2.34. The molecular formula is C17H24BrNO. The van der Waals surface area contributed by atoms with E-state index in [1.54, 1.807) is 0 Å². The van der Waals surface area contributed by atoms with Gasteiger partial charge in [-0.1, -0.05) is 47.0 Å². The third-order valence-electron chi connectivity index (χ3n) is 4.75. The van der Waals surface area contributed by atoms with E-state index in [1.165, 1.54) is 44.3 Å². The van der Waals surface area contributed by atoms with E-state index in [9.17, 15) is 0 Å². The first-order valence-electron chi connectivity index (χ1n) is 7.90. The lowest BCUT2D eigenvalue weighted by atomic mass is 9.92. The molecule has 20 heavy (non-hydrogen) atoms. The number of hydrogen-bond donors (Lipinski definition) is 0. The van der Waals surface area contributed by atoms with Crippen LogP contribution in [-0.2, 0) is 0 Å². The molecule has 2 aliphatic rings. The van der Waals surface area contributed by atoms with Crippen LogP contribution in [0.1, 0.15) is 43.6 Å². The van der Waals surface area contributed by atoms with Crippen LogP contribution < -0.4 is 4.74 Å². The average Bonchev–Trinajstić information content (AvgIpc) is 3.01. The summed E-state index contributed by atoms with van der Waals surface area (Å²) in [4.78, 5) is 2.72. The van der Waals surface area contributed by atoms with E-state index in [0.717, 1.165) is 30.1 Å². The van der Waals surface area contributed by atoms with Crippen LogP contribution in [0.5, 0.6) is 5.75 Å². The average molecular weight is 338 g/mol. The second-order valence-electron chi connectivity index (χ2n) is 5.99. The van der Waals surface area contributed by atoms with Crippen LogP contribution in [0.4, 0.5) is 0 Å². The third kappa shape index (κ3) is 3.20. The minimum atomic E-state index is 0.639. The first-order valence-corrected chi connectivity index (χ1v) is 9.02. The van der Waals surface area contributed by atoms with Gasteiger partial charge in [0, 0.05) is 30.4 Å². The zero-order valence-corrected chi connectivity index (χ0v) is 13.6. The molecule has 1 aliphatic carbocycles. The smallest absolute Gasteiger partial charge is 0.122 e. The molecular weight excluding hydrogens is 314 g/mol. The van der Waals surface area contributed by atoms with Crippen LogP contribution in [0.25, 0.3) is 0 Å². The highest BCUT2D eigenvalue weighted by Crippen LogP contribution is 2.35. The van der Waals surface area contributed by atoms with Crippen molar-refractivity contribution in [2.45, 2.75) is 44.1 Å². The molecule has 1 aromatic carbocycles. The molecule has 0 amide bonds. The normalized spacial score (nSPS) is 22.8. The van der Waals surface area contributed by atoms with Gasteiger partial charge in [0.05, 0.1) is 6.61 Å². The van der Waals surface area contributed by atoms with Gasteiger partial charge in [0.2, 0.25) is 0 Å². The molecule has 1 atom stereocenters. The van der Waals surface area contributed by atoms with Crippen molar-refractivity contribution in [1.82, 2.24) is 4.90 Å². The molecule has 1 fully saturated rings. The van der Waals surface area contributed by atoms with Crippen LogP contribution in [0.2, 0.25) is 0 Å². The van der Waals surface area contributed by atoms with Gasteiger partial charge < -0.3 is 4.74 Å². The summed E-state index contributed by atoms with van der Waals surface area (Å²) in [5.74, 6) is 1.74. The van der Waals surface area contributed by atoms with Crippen molar-refractivity contribution in [3.63, 3.8) is 0 Å². The van der Waals surface area contributed by atoms with Crippen molar-refractivity contribution in [2.24, 2.45) is 0 Å². The highest BCUT2D eigenvalue weighted by molar-refractivity contribution is 9.09. The summed E-state index contributed by atoms with van der Waals surface area (Å²) in [6.07, 6.45) is 6.75. The highest BCUT2D eigenvalue weighted by Gasteiger charge is 2.28. The summed E-state index contributed by atoms with van der Waals surface area (Å²) in [7, 11) is 0. The van der Waals surface area contributed by atoms with Crippen LogP contribution in [-0.4, -0.2) is 36.0 Å². The fourth-order valence-corrected chi connectivity index (χ4v) is 4.15. The first-order chi connectivity index (χ1) is 9.88. The van der Waals surface area contributed by atoms with Crippen LogP contribution in [0, 0.1) is 0 Å². The maximum Gasteiger partial charge on any atom is 0.122 e. The Morgan fingerprint density at radius 2 is 1.95 bits per heavy atom. The molecule has 0 radical (unpaired) electrons. The quantitative estimate of drug-likeness (QED) is 0.747. The van der Waals surface area contributed by atoms with Crippen LogP contribution in [0.15, 0.2) is 24.3 Å². The lowest BCUT2D eigenvalue weighted by molar-refractivity contribution is 0.174. The fraction of sp³-hybridized carbons (Fsp3) is 0.647. The summed E-state index contributed by atoms with van der Waals surface area (Å²) >= 11 is 3.63. The summed E-state index contributed by atoms with van der Waals surface area (Å²) in [6.45, 7) is 3.23. The third-order valence-corrected chi connectivity index (χ3v) is 5.11. The molecule has 0 saturated heterocycles. The van der Waals surface area contributed by atoms with Crippen LogP contribution in [0.3, 0.4) is 0 Å². The van der Waals surface area contributed by atoms with E-state index in [1.807, 2.05) is 0 Å². The summed E-state index contributed by atoms with van der Waals surface area (Å²) < 4.78 is 5.79. The monoisotopic (exact) mass is 337 g/mol. The minimum Gasteiger partial charge on any atom is -0.493 e. The number of ether oxygens (including phenoxy) is 1. The summed E-state index contributed by atoms with van der Waals surface area (Å²) in [5, 5.41) is 1.08. The maximum absolute atomic E-state index is 5.79. The van der Waals surface area contributed by atoms with Crippen molar-refractivity contribution in [2.75, 3.05) is 25.0 Å². The molecule has 1 saturated carbocycles. The fourth-order valence-electron chi connectivity index (χ4n) is 3.69.